The van der Waals surface area contributed by atoms with E-state index < -0.39 is 12.5 Å². The SMILES string of the molecule is OC1(CF)CC(c2cccc(CNCc3cccc4[nH]ccc34)c2)=NO1. The molecule has 134 valence electrons. The van der Waals surface area contributed by atoms with Crippen molar-refractivity contribution in [2.24, 2.45) is 5.16 Å². The number of fused-ring (bicyclic) bond motifs is 1. The van der Waals surface area contributed by atoms with Gasteiger partial charge in [-0.2, -0.15) is 0 Å². The second kappa shape index (κ2) is 6.90. The number of hydrogen-bond donors (Lipinski definition) is 3. The summed E-state index contributed by atoms with van der Waals surface area (Å²) < 4.78 is 12.8. The van der Waals surface area contributed by atoms with E-state index in [9.17, 15) is 9.50 Å². The molecule has 6 heteroatoms. The zero-order valence-electron chi connectivity index (χ0n) is 14.2. The van der Waals surface area contributed by atoms with E-state index in [1.807, 2.05) is 36.5 Å². The lowest BCUT2D eigenvalue weighted by Crippen LogP contribution is -2.31. The first-order valence-electron chi connectivity index (χ1n) is 8.55. The van der Waals surface area contributed by atoms with E-state index in [1.165, 1.54) is 10.9 Å². The second-order valence-electron chi connectivity index (χ2n) is 6.55. The third kappa shape index (κ3) is 3.34. The van der Waals surface area contributed by atoms with Crippen LogP contribution in [0.5, 0.6) is 0 Å². The maximum Gasteiger partial charge on any atom is 0.268 e. The lowest BCUT2D eigenvalue weighted by Gasteiger charge is -2.14. The summed E-state index contributed by atoms with van der Waals surface area (Å²) in [7, 11) is 0. The van der Waals surface area contributed by atoms with Crippen LogP contribution in [0.25, 0.3) is 10.9 Å². The molecule has 0 aliphatic carbocycles. The highest BCUT2D eigenvalue weighted by atomic mass is 19.1. The summed E-state index contributed by atoms with van der Waals surface area (Å²) in [4.78, 5) is 8.04. The first-order valence-corrected chi connectivity index (χ1v) is 8.55. The Hall–Kier alpha value is -2.70. The van der Waals surface area contributed by atoms with Crippen LogP contribution in [0.1, 0.15) is 23.1 Å². The standard InChI is InChI=1S/C20H20FN3O2/c21-13-20(25)10-19(24-26-20)15-4-1-3-14(9-15)11-22-12-16-5-2-6-18-17(16)7-8-23-18/h1-9,22-23,25H,10-13H2. The van der Waals surface area contributed by atoms with Crippen molar-refractivity contribution in [3.05, 3.63) is 71.4 Å². The van der Waals surface area contributed by atoms with Gasteiger partial charge in [-0.1, -0.05) is 35.5 Å². The van der Waals surface area contributed by atoms with Crippen LogP contribution in [0.2, 0.25) is 0 Å². The Balaban J connectivity index is 1.41. The topological polar surface area (TPSA) is 69.6 Å². The summed E-state index contributed by atoms with van der Waals surface area (Å²) in [6.07, 6.45) is 2.00. The Bertz CT molecular complexity index is 953. The molecule has 0 saturated heterocycles. The second-order valence-corrected chi connectivity index (χ2v) is 6.55. The molecule has 1 aliphatic rings. The minimum atomic E-state index is -1.82. The maximum atomic E-state index is 12.8. The van der Waals surface area contributed by atoms with Crippen molar-refractivity contribution in [1.82, 2.24) is 10.3 Å². The van der Waals surface area contributed by atoms with E-state index in [4.69, 9.17) is 4.84 Å². The average molecular weight is 353 g/mol. The van der Waals surface area contributed by atoms with E-state index in [0.29, 0.717) is 12.3 Å². The molecule has 1 atom stereocenters. The van der Waals surface area contributed by atoms with Crippen LogP contribution in [-0.2, 0) is 17.9 Å². The molecule has 1 aromatic heterocycles. The Labute approximate surface area is 150 Å². The largest absolute Gasteiger partial charge is 0.361 e. The van der Waals surface area contributed by atoms with Crippen molar-refractivity contribution in [2.45, 2.75) is 25.3 Å². The molecular weight excluding hydrogens is 333 g/mol. The summed E-state index contributed by atoms with van der Waals surface area (Å²) in [6, 6.07) is 16.1. The van der Waals surface area contributed by atoms with E-state index in [0.717, 1.165) is 23.2 Å². The first-order chi connectivity index (χ1) is 12.7. The van der Waals surface area contributed by atoms with Crippen molar-refractivity contribution in [3.63, 3.8) is 0 Å². The monoisotopic (exact) mass is 353 g/mol. The van der Waals surface area contributed by atoms with Gasteiger partial charge in [0.05, 0.1) is 12.1 Å². The van der Waals surface area contributed by atoms with E-state index in [-0.39, 0.29) is 6.42 Å². The minimum absolute atomic E-state index is 0.0515. The van der Waals surface area contributed by atoms with Gasteiger partial charge in [-0.05, 0) is 34.9 Å². The number of benzene rings is 2. The molecule has 0 bridgehead atoms. The summed E-state index contributed by atoms with van der Waals surface area (Å²) in [5.41, 5.74) is 4.85. The van der Waals surface area contributed by atoms with Gasteiger partial charge >= 0.3 is 0 Å². The lowest BCUT2D eigenvalue weighted by atomic mass is 10.0. The van der Waals surface area contributed by atoms with E-state index in [1.54, 1.807) is 0 Å². The van der Waals surface area contributed by atoms with Crippen LogP contribution in [0, 0.1) is 0 Å². The van der Waals surface area contributed by atoms with Crippen molar-refractivity contribution < 1.29 is 14.3 Å². The summed E-state index contributed by atoms with van der Waals surface area (Å²) in [6.45, 7) is 0.465. The van der Waals surface area contributed by atoms with Gasteiger partial charge in [0.2, 0.25) is 0 Å². The Kier molecular flexibility index (Phi) is 4.44. The highest BCUT2D eigenvalue weighted by Gasteiger charge is 2.37. The molecule has 3 aromatic rings. The maximum absolute atomic E-state index is 12.8. The molecule has 1 unspecified atom stereocenters. The third-order valence-electron chi connectivity index (χ3n) is 4.57. The van der Waals surface area contributed by atoms with E-state index in [2.05, 4.69) is 33.7 Å². The normalized spacial score (nSPS) is 19.5. The molecule has 0 fully saturated rings. The first kappa shape index (κ1) is 16.8. The van der Waals surface area contributed by atoms with Crippen LogP contribution in [0.4, 0.5) is 4.39 Å². The Morgan fingerprint density at radius 2 is 2.08 bits per heavy atom. The average Bonchev–Trinajstić information content (AvgIpc) is 3.30. The van der Waals surface area contributed by atoms with Crippen molar-refractivity contribution in [2.75, 3.05) is 6.67 Å². The number of aromatic amines is 1. The van der Waals surface area contributed by atoms with Gasteiger partial charge in [0, 0.05) is 30.2 Å². The summed E-state index contributed by atoms with van der Waals surface area (Å²) in [5, 5.41) is 18.3. The van der Waals surface area contributed by atoms with Crippen molar-refractivity contribution >= 4 is 16.6 Å². The molecule has 5 nitrogen and oxygen atoms in total. The zero-order chi connectivity index (χ0) is 18.0. The van der Waals surface area contributed by atoms with Crippen molar-refractivity contribution in [3.8, 4) is 0 Å². The number of nitrogens with zero attached hydrogens (tertiary/aromatic N) is 1. The highest BCUT2D eigenvalue weighted by molar-refractivity contribution is 6.01. The summed E-state index contributed by atoms with van der Waals surface area (Å²) >= 11 is 0. The fraction of sp³-hybridized carbons (Fsp3) is 0.250. The smallest absolute Gasteiger partial charge is 0.268 e. The van der Waals surface area contributed by atoms with Gasteiger partial charge in [0.25, 0.3) is 5.79 Å². The molecule has 4 rings (SSSR count). The third-order valence-corrected chi connectivity index (χ3v) is 4.57. The molecular formula is C20H20FN3O2. The number of hydrogen-bond acceptors (Lipinski definition) is 4. The van der Waals surface area contributed by atoms with Gasteiger partial charge in [-0.15, -0.1) is 0 Å². The molecule has 0 amide bonds. The van der Waals surface area contributed by atoms with Crippen LogP contribution in [-0.4, -0.2) is 28.3 Å². The van der Waals surface area contributed by atoms with Crippen LogP contribution in [0.15, 0.2) is 59.9 Å². The number of nitrogens with one attached hydrogen (secondary N) is 2. The number of oxime groups is 1. The quantitative estimate of drug-likeness (QED) is 0.637. The molecule has 0 radical (unpaired) electrons. The fourth-order valence-corrected chi connectivity index (χ4v) is 3.20. The molecule has 3 N–H and O–H groups in total. The van der Waals surface area contributed by atoms with Crippen LogP contribution >= 0.6 is 0 Å². The highest BCUT2D eigenvalue weighted by Crippen LogP contribution is 2.25. The van der Waals surface area contributed by atoms with Gasteiger partial charge in [-0.3, -0.25) is 0 Å². The Morgan fingerprint density at radius 3 is 2.92 bits per heavy atom. The Morgan fingerprint density at radius 1 is 1.19 bits per heavy atom. The molecule has 26 heavy (non-hydrogen) atoms. The number of H-pyrrole nitrogens is 1. The minimum Gasteiger partial charge on any atom is -0.361 e. The lowest BCUT2D eigenvalue weighted by molar-refractivity contribution is -0.193. The number of alkyl halides is 1. The zero-order valence-corrected chi connectivity index (χ0v) is 14.2. The molecule has 1 aliphatic heterocycles. The molecule has 2 heterocycles. The number of aromatic nitrogens is 1. The van der Waals surface area contributed by atoms with Crippen LogP contribution in [0.3, 0.4) is 0 Å². The predicted molar refractivity (Wildman–Crippen MR) is 98.4 cm³/mol. The van der Waals surface area contributed by atoms with Crippen molar-refractivity contribution in [1.29, 1.82) is 0 Å². The molecule has 2 aromatic carbocycles. The number of halogens is 1. The van der Waals surface area contributed by atoms with Crippen LogP contribution < -0.4 is 5.32 Å². The van der Waals surface area contributed by atoms with Gasteiger partial charge < -0.3 is 20.2 Å². The summed E-state index contributed by atoms with van der Waals surface area (Å²) in [5.74, 6) is -1.82. The van der Waals surface area contributed by atoms with Gasteiger partial charge in [-0.25, -0.2) is 4.39 Å². The van der Waals surface area contributed by atoms with Gasteiger partial charge in [0.15, 0.2) is 6.67 Å². The molecule has 0 saturated carbocycles. The fourth-order valence-electron chi connectivity index (χ4n) is 3.20. The van der Waals surface area contributed by atoms with E-state index >= 15 is 0 Å². The number of rotatable bonds is 6. The predicted octanol–water partition coefficient (Wildman–Crippen LogP) is 3.24. The van der Waals surface area contributed by atoms with Gasteiger partial charge in [0.1, 0.15) is 0 Å². The number of aliphatic hydroxyl groups is 1. The molecule has 0 spiro atoms.